The number of pyridine rings is 2. The average Bonchev–Trinajstić information content (AvgIpc) is 2.73. The predicted octanol–water partition coefficient (Wildman–Crippen LogP) is 4.51. The number of hydrogen-bond donors (Lipinski definition) is 2. The van der Waals surface area contributed by atoms with Crippen LogP contribution in [0.15, 0.2) is 49.1 Å². The molecule has 0 spiro atoms. The van der Waals surface area contributed by atoms with Crippen molar-refractivity contribution in [2.45, 2.75) is 13.0 Å². The molecule has 0 aliphatic heterocycles. The van der Waals surface area contributed by atoms with E-state index in [9.17, 15) is 9.65 Å². The summed E-state index contributed by atoms with van der Waals surface area (Å²) in [6.07, 6.45) is 4.59. The molecule has 0 radical (unpaired) electrons. The largest absolute Gasteiger partial charge is 0.382 e. The highest BCUT2D eigenvalue weighted by Crippen LogP contribution is 2.37. The number of hydrogen-bond acceptors (Lipinski definition) is 7. The second-order valence-corrected chi connectivity index (χ2v) is 6.95. The van der Waals surface area contributed by atoms with Crippen LogP contribution in [0.5, 0.6) is 0 Å². The Kier molecular flexibility index (Phi) is 5.12. The van der Waals surface area contributed by atoms with E-state index in [1.54, 1.807) is 18.5 Å². The number of fused-ring (bicyclic) bond motifs is 1. The molecule has 1 aromatic carbocycles. The molecule has 0 aliphatic rings. The van der Waals surface area contributed by atoms with Gasteiger partial charge in [0, 0.05) is 28.9 Å². The van der Waals surface area contributed by atoms with Crippen molar-refractivity contribution in [1.82, 2.24) is 19.9 Å². The fraction of sp³-hybridized carbons (Fsp3) is 0.0952. The first-order valence-electron chi connectivity index (χ1n) is 8.95. The van der Waals surface area contributed by atoms with Crippen molar-refractivity contribution in [2.75, 3.05) is 11.1 Å². The Morgan fingerprint density at radius 2 is 2.03 bits per heavy atom. The van der Waals surface area contributed by atoms with E-state index in [1.165, 1.54) is 18.5 Å². The quantitative estimate of drug-likeness (QED) is 0.500. The van der Waals surface area contributed by atoms with Crippen LogP contribution in [0.2, 0.25) is 5.02 Å². The van der Waals surface area contributed by atoms with E-state index in [4.69, 9.17) is 17.3 Å². The molecule has 0 saturated heterocycles. The van der Waals surface area contributed by atoms with Crippen molar-refractivity contribution in [3.8, 4) is 17.3 Å². The third-order valence-electron chi connectivity index (χ3n) is 4.65. The molecule has 30 heavy (non-hydrogen) atoms. The van der Waals surface area contributed by atoms with Crippen LogP contribution in [0.4, 0.5) is 16.0 Å². The standard InChI is InChI=1S/C21H15ClFN7/c1-11(30-21-14(8-24)20(25)28-10-29-21)15-9-27-19-13(6-12(23)7-16(19)22)18(15)17-4-2-3-5-26-17/h2-7,9-11H,1H3,(H3,25,28,29,30)/t11-/m1/s1. The Bertz CT molecular complexity index is 1290. The van der Waals surface area contributed by atoms with Gasteiger partial charge in [0.2, 0.25) is 0 Å². The molecule has 0 bridgehead atoms. The van der Waals surface area contributed by atoms with Gasteiger partial charge in [0.1, 0.15) is 35.4 Å². The van der Waals surface area contributed by atoms with Crippen molar-refractivity contribution >= 4 is 34.1 Å². The average molecular weight is 420 g/mol. The number of nitrogens with one attached hydrogen (secondary N) is 1. The lowest BCUT2D eigenvalue weighted by molar-refractivity contribution is 0.629. The smallest absolute Gasteiger partial charge is 0.150 e. The molecule has 0 aliphatic carbocycles. The van der Waals surface area contributed by atoms with Gasteiger partial charge in [-0.15, -0.1) is 0 Å². The number of benzene rings is 1. The monoisotopic (exact) mass is 419 g/mol. The maximum absolute atomic E-state index is 14.2. The van der Waals surface area contributed by atoms with Crippen LogP contribution in [-0.2, 0) is 0 Å². The van der Waals surface area contributed by atoms with Gasteiger partial charge >= 0.3 is 0 Å². The molecule has 0 unspecified atom stereocenters. The van der Waals surface area contributed by atoms with E-state index in [-0.39, 0.29) is 22.4 Å². The second-order valence-electron chi connectivity index (χ2n) is 6.55. The first-order valence-corrected chi connectivity index (χ1v) is 9.33. The lowest BCUT2D eigenvalue weighted by atomic mass is 9.96. The lowest BCUT2D eigenvalue weighted by Crippen LogP contribution is -2.13. The summed E-state index contributed by atoms with van der Waals surface area (Å²) in [5.74, 6) is -0.0981. The van der Waals surface area contributed by atoms with E-state index >= 15 is 0 Å². The first kappa shape index (κ1) is 19.5. The number of anilines is 2. The summed E-state index contributed by atoms with van der Waals surface area (Å²) in [5.41, 5.74) is 8.44. The molecule has 9 heteroatoms. The maximum Gasteiger partial charge on any atom is 0.150 e. The molecule has 3 N–H and O–H groups in total. The number of nitrogen functional groups attached to an aromatic ring is 1. The molecule has 0 saturated carbocycles. The summed E-state index contributed by atoms with van der Waals surface area (Å²) in [6, 6.07) is 9.71. The lowest BCUT2D eigenvalue weighted by Gasteiger charge is -2.20. The van der Waals surface area contributed by atoms with Crippen LogP contribution in [0.3, 0.4) is 0 Å². The zero-order valence-electron chi connectivity index (χ0n) is 15.8. The summed E-state index contributed by atoms with van der Waals surface area (Å²) in [5, 5.41) is 13.3. The fourth-order valence-corrected chi connectivity index (χ4v) is 3.52. The molecule has 4 rings (SSSR count). The van der Waals surface area contributed by atoms with Crippen LogP contribution in [0.1, 0.15) is 24.1 Å². The topological polar surface area (TPSA) is 113 Å². The highest BCUT2D eigenvalue weighted by atomic mass is 35.5. The number of halogens is 2. The van der Waals surface area contributed by atoms with E-state index in [0.29, 0.717) is 28.0 Å². The third kappa shape index (κ3) is 3.47. The van der Waals surface area contributed by atoms with E-state index in [0.717, 1.165) is 5.56 Å². The highest BCUT2D eigenvalue weighted by molar-refractivity contribution is 6.35. The normalized spacial score (nSPS) is 11.8. The zero-order valence-corrected chi connectivity index (χ0v) is 16.5. The van der Waals surface area contributed by atoms with E-state index in [2.05, 4.69) is 25.3 Å². The molecule has 3 heterocycles. The van der Waals surface area contributed by atoms with Gasteiger partial charge < -0.3 is 11.1 Å². The molecule has 3 aromatic heterocycles. The maximum atomic E-state index is 14.2. The van der Waals surface area contributed by atoms with Gasteiger partial charge in [0.15, 0.2) is 0 Å². The highest BCUT2D eigenvalue weighted by Gasteiger charge is 2.20. The Labute approximate surface area is 176 Å². The Morgan fingerprint density at radius 1 is 1.20 bits per heavy atom. The fourth-order valence-electron chi connectivity index (χ4n) is 3.27. The Balaban J connectivity index is 1.91. The molecule has 7 nitrogen and oxygen atoms in total. The second kappa shape index (κ2) is 7.89. The number of nitriles is 1. The van der Waals surface area contributed by atoms with Gasteiger partial charge in [-0.3, -0.25) is 9.97 Å². The first-order chi connectivity index (χ1) is 14.5. The van der Waals surface area contributed by atoms with Crippen LogP contribution in [0, 0.1) is 17.1 Å². The number of aromatic nitrogens is 4. The van der Waals surface area contributed by atoms with Gasteiger partial charge in [-0.05, 0) is 31.2 Å². The molecule has 4 aromatic rings. The Morgan fingerprint density at radius 3 is 2.77 bits per heavy atom. The number of rotatable bonds is 4. The molecular formula is C21H15ClFN7. The van der Waals surface area contributed by atoms with Crippen molar-refractivity contribution in [3.63, 3.8) is 0 Å². The summed E-state index contributed by atoms with van der Waals surface area (Å²) in [7, 11) is 0. The number of nitrogens with zero attached hydrogens (tertiary/aromatic N) is 5. The minimum Gasteiger partial charge on any atom is -0.382 e. The van der Waals surface area contributed by atoms with Gasteiger partial charge in [0.05, 0.1) is 22.3 Å². The van der Waals surface area contributed by atoms with E-state index in [1.807, 2.05) is 25.1 Å². The summed E-state index contributed by atoms with van der Waals surface area (Å²) >= 11 is 6.24. The van der Waals surface area contributed by atoms with Crippen molar-refractivity contribution in [1.29, 1.82) is 5.26 Å². The summed E-state index contributed by atoms with van der Waals surface area (Å²) < 4.78 is 14.2. The SMILES string of the molecule is C[C@@H](Nc1ncnc(N)c1C#N)c1cnc2c(Cl)cc(F)cc2c1-c1ccccn1. The van der Waals surface area contributed by atoms with Gasteiger partial charge in [-0.25, -0.2) is 14.4 Å². The summed E-state index contributed by atoms with van der Waals surface area (Å²) in [4.78, 5) is 16.8. The molecule has 0 fully saturated rings. The van der Waals surface area contributed by atoms with E-state index < -0.39 is 5.82 Å². The van der Waals surface area contributed by atoms with Crippen LogP contribution < -0.4 is 11.1 Å². The third-order valence-corrected chi connectivity index (χ3v) is 4.94. The zero-order chi connectivity index (χ0) is 21.3. The van der Waals surface area contributed by atoms with Crippen LogP contribution >= 0.6 is 11.6 Å². The molecule has 0 amide bonds. The minimum absolute atomic E-state index is 0.0811. The van der Waals surface area contributed by atoms with Crippen LogP contribution in [-0.4, -0.2) is 19.9 Å². The van der Waals surface area contributed by atoms with Crippen molar-refractivity contribution in [2.24, 2.45) is 0 Å². The molecular weight excluding hydrogens is 405 g/mol. The molecule has 1 atom stereocenters. The minimum atomic E-state index is -0.473. The van der Waals surface area contributed by atoms with Gasteiger partial charge in [-0.1, -0.05) is 17.7 Å². The van der Waals surface area contributed by atoms with Gasteiger partial charge in [0.25, 0.3) is 0 Å². The molecule has 148 valence electrons. The predicted molar refractivity (Wildman–Crippen MR) is 113 cm³/mol. The van der Waals surface area contributed by atoms with Crippen molar-refractivity contribution < 1.29 is 4.39 Å². The number of nitrogens with two attached hydrogens (primary N) is 1. The van der Waals surface area contributed by atoms with Gasteiger partial charge in [-0.2, -0.15) is 5.26 Å². The summed E-state index contributed by atoms with van der Waals surface area (Å²) in [6.45, 7) is 1.87. The van der Waals surface area contributed by atoms with Crippen LogP contribution in [0.25, 0.3) is 22.2 Å². The van der Waals surface area contributed by atoms with Crippen molar-refractivity contribution in [3.05, 3.63) is 71.0 Å². The Hall–Kier alpha value is -3.83.